The van der Waals surface area contributed by atoms with Crippen molar-refractivity contribution in [2.45, 2.75) is 47.1 Å². The zero-order valence-corrected chi connectivity index (χ0v) is 13.3. The highest BCUT2D eigenvalue weighted by molar-refractivity contribution is 5.96. The lowest BCUT2D eigenvalue weighted by Gasteiger charge is -2.26. The van der Waals surface area contributed by atoms with Gasteiger partial charge in [-0.1, -0.05) is 20.8 Å². The van der Waals surface area contributed by atoms with Crippen LogP contribution in [0.4, 0.5) is 4.39 Å². The largest absolute Gasteiger partial charge is 0.480 e. The molecule has 0 saturated heterocycles. The lowest BCUT2D eigenvalue weighted by atomic mass is 10.1. The first-order valence-corrected chi connectivity index (χ1v) is 7.17. The highest BCUT2D eigenvalue weighted by Crippen LogP contribution is 2.13. The van der Waals surface area contributed by atoms with Crippen LogP contribution in [0, 0.1) is 12.7 Å². The van der Waals surface area contributed by atoms with Gasteiger partial charge in [0.2, 0.25) is 0 Å². The van der Waals surface area contributed by atoms with Crippen molar-refractivity contribution in [2.24, 2.45) is 0 Å². The van der Waals surface area contributed by atoms with Crippen molar-refractivity contribution < 1.29 is 19.1 Å². The monoisotopic (exact) mass is 297 g/mol. The number of rotatable bonds is 5. The summed E-state index contributed by atoms with van der Waals surface area (Å²) in [4.78, 5) is 24.5. The predicted octanol–water partition coefficient (Wildman–Crippen LogP) is 3.49. The van der Waals surface area contributed by atoms with Crippen LogP contribution in [-0.4, -0.2) is 34.5 Å². The van der Waals surface area contributed by atoms with Crippen molar-refractivity contribution in [3.8, 4) is 0 Å². The molecule has 1 rings (SSSR count). The van der Waals surface area contributed by atoms with Crippen molar-refractivity contribution in [2.75, 3.05) is 6.54 Å². The number of hydrogen-bond donors (Lipinski definition) is 1. The molecule has 1 aromatic rings. The smallest absolute Gasteiger partial charge is 0.326 e. The zero-order chi connectivity index (χ0) is 16.6. The van der Waals surface area contributed by atoms with Crippen molar-refractivity contribution >= 4 is 11.9 Å². The van der Waals surface area contributed by atoms with E-state index in [4.69, 9.17) is 5.11 Å². The number of hydrogen-bond acceptors (Lipinski definition) is 2. The first-order valence-electron chi connectivity index (χ1n) is 7.17. The van der Waals surface area contributed by atoms with Crippen LogP contribution >= 0.6 is 0 Å². The third-order valence-corrected chi connectivity index (χ3v) is 2.84. The lowest BCUT2D eigenvalue weighted by Crippen LogP contribution is -2.43. The van der Waals surface area contributed by atoms with E-state index in [1.165, 1.54) is 17.9 Å². The van der Waals surface area contributed by atoms with Crippen LogP contribution in [-0.2, 0) is 4.79 Å². The second-order valence-electron chi connectivity index (χ2n) is 4.53. The Balaban J connectivity index is 0.00000191. The number of amides is 1. The maximum atomic E-state index is 13.3. The summed E-state index contributed by atoms with van der Waals surface area (Å²) < 4.78 is 13.3. The predicted molar refractivity (Wildman–Crippen MR) is 80.9 cm³/mol. The Kier molecular flexibility index (Phi) is 8.28. The van der Waals surface area contributed by atoms with Gasteiger partial charge in [-0.25, -0.2) is 9.18 Å². The van der Waals surface area contributed by atoms with Gasteiger partial charge in [-0.2, -0.15) is 0 Å². The number of carbonyl (C=O) groups is 2. The quantitative estimate of drug-likeness (QED) is 0.905. The van der Waals surface area contributed by atoms with Gasteiger partial charge < -0.3 is 10.0 Å². The third-order valence-electron chi connectivity index (χ3n) is 2.84. The second-order valence-corrected chi connectivity index (χ2v) is 4.53. The van der Waals surface area contributed by atoms with E-state index in [-0.39, 0.29) is 5.56 Å². The van der Waals surface area contributed by atoms with Crippen LogP contribution in [0.1, 0.15) is 50.0 Å². The van der Waals surface area contributed by atoms with Crippen LogP contribution in [0.2, 0.25) is 0 Å². The number of carbonyl (C=O) groups excluding carboxylic acids is 1. The van der Waals surface area contributed by atoms with Crippen molar-refractivity contribution in [3.63, 3.8) is 0 Å². The van der Waals surface area contributed by atoms with Gasteiger partial charge in [-0.05, 0) is 44.0 Å². The topological polar surface area (TPSA) is 57.6 Å². The molecule has 1 amide bonds. The summed E-state index contributed by atoms with van der Waals surface area (Å²) in [7, 11) is 0. The number of benzene rings is 1. The van der Waals surface area contributed by atoms with Gasteiger partial charge in [-0.3, -0.25) is 4.79 Å². The molecule has 0 aromatic heterocycles. The fourth-order valence-corrected chi connectivity index (χ4v) is 1.87. The number of halogens is 1. The molecule has 0 aliphatic carbocycles. The number of aliphatic carboxylic acids is 1. The van der Waals surface area contributed by atoms with Crippen LogP contribution in [0.5, 0.6) is 0 Å². The number of aryl methyl sites for hydroxylation is 1. The van der Waals surface area contributed by atoms with Gasteiger partial charge in [0.05, 0.1) is 0 Å². The number of carboxylic acids is 1. The highest BCUT2D eigenvalue weighted by Gasteiger charge is 2.26. The summed E-state index contributed by atoms with van der Waals surface area (Å²) in [5, 5.41) is 9.02. The van der Waals surface area contributed by atoms with E-state index in [1.807, 2.05) is 20.8 Å². The van der Waals surface area contributed by atoms with Crippen LogP contribution < -0.4 is 0 Å². The van der Waals surface area contributed by atoms with Gasteiger partial charge >= 0.3 is 5.97 Å². The molecule has 0 bridgehead atoms. The minimum Gasteiger partial charge on any atom is -0.480 e. The summed E-state index contributed by atoms with van der Waals surface area (Å²) in [6.07, 6.45) is 0.637. The van der Waals surface area contributed by atoms with E-state index in [2.05, 4.69) is 0 Å². The normalized spacial score (nSPS) is 11.1. The Hall–Kier alpha value is -1.91. The van der Waals surface area contributed by atoms with Crippen LogP contribution in [0.3, 0.4) is 0 Å². The first kappa shape index (κ1) is 19.1. The molecule has 0 aliphatic heterocycles. The average Bonchev–Trinajstić information content (AvgIpc) is 2.44. The molecule has 0 fully saturated rings. The molecule has 0 aliphatic rings. The molecule has 0 heterocycles. The maximum Gasteiger partial charge on any atom is 0.326 e. The lowest BCUT2D eigenvalue weighted by molar-refractivity contribution is -0.141. The molecular weight excluding hydrogens is 273 g/mol. The molecule has 1 aromatic carbocycles. The Morgan fingerprint density at radius 3 is 2.29 bits per heavy atom. The van der Waals surface area contributed by atoms with Crippen LogP contribution in [0.15, 0.2) is 18.2 Å². The van der Waals surface area contributed by atoms with Crippen molar-refractivity contribution in [1.29, 1.82) is 0 Å². The van der Waals surface area contributed by atoms with Gasteiger partial charge in [0, 0.05) is 12.1 Å². The number of nitrogens with zero attached hydrogens (tertiary/aromatic N) is 1. The number of carboxylic acid groups (broad SMARTS) is 1. The molecule has 5 heteroatoms. The fourth-order valence-electron chi connectivity index (χ4n) is 1.87. The van der Waals surface area contributed by atoms with Gasteiger partial charge in [0.15, 0.2) is 0 Å². The average molecular weight is 297 g/mol. The Bertz CT molecular complexity index is 468. The highest BCUT2D eigenvalue weighted by atomic mass is 19.1. The van der Waals surface area contributed by atoms with Gasteiger partial charge in [0.1, 0.15) is 11.9 Å². The summed E-state index contributed by atoms with van der Waals surface area (Å²) in [6, 6.07) is 3.08. The first-order chi connectivity index (χ1) is 9.86. The zero-order valence-electron chi connectivity index (χ0n) is 13.3. The SMILES string of the molecule is CC.CCCN(C(=O)c1cc(C)cc(F)c1)C(C)C(=O)O. The minimum absolute atomic E-state index is 0.180. The standard InChI is InChI=1S/C14H18FNO3.C2H6/c1-4-5-16(10(3)14(18)19)13(17)11-6-9(2)7-12(15)8-11;1-2/h6-8,10H,4-5H2,1-3H3,(H,18,19);1-2H3. The molecule has 0 saturated carbocycles. The Morgan fingerprint density at radius 2 is 1.86 bits per heavy atom. The maximum absolute atomic E-state index is 13.3. The molecule has 21 heavy (non-hydrogen) atoms. The molecule has 0 radical (unpaired) electrons. The summed E-state index contributed by atoms with van der Waals surface area (Å²) in [5.74, 6) is -2.03. The summed E-state index contributed by atoms with van der Waals surface area (Å²) >= 11 is 0. The Morgan fingerprint density at radius 1 is 1.29 bits per heavy atom. The summed E-state index contributed by atoms with van der Waals surface area (Å²) in [6.45, 7) is 9.31. The molecule has 118 valence electrons. The summed E-state index contributed by atoms with van der Waals surface area (Å²) in [5.41, 5.74) is 0.807. The van der Waals surface area contributed by atoms with Gasteiger partial charge in [-0.15, -0.1) is 0 Å². The minimum atomic E-state index is -1.07. The molecule has 4 nitrogen and oxygen atoms in total. The van der Waals surface area contributed by atoms with Crippen molar-refractivity contribution in [1.82, 2.24) is 4.90 Å². The fraction of sp³-hybridized carbons (Fsp3) is 0.500. The van der Waals surface area contributed by atoms with E-state index in [0.29, 0.717) is 18.5 Å². The molecule has 0 spiro atoms. The Labute approximate surface area is 125 Å². The van der Waals surface area contributed by atoms with E-state index in [9.17, 15) is 14.0 Å². The third kappa shape index (κ3) is 5.53. The van der Waals surface area contributed by atoms with Crippen molar-refractivity contribution in [3.05, 3.63) is 35.1 Å². The van der Waals surface area contributed by atoms with E-state index >= 15 is 0 Å². The van der Waals surface area contributed by atoms with E-state index < -0.39 is 23.7 Å². The second kappa shape index (κ2) is 9.10. The molecular formula is C16H24FNO3. The molecule has 1 unspecified atom stereocenters. The molecule has 1 N–H and O–H groups in total. The van der Waals surface area contributed by atoms with E-state index in [0.717, 1.165) is 6.07 Å². The van der Waals surface area contributed by atoms with Crippen LogP contribution in [0.25, 0.3) is 0 Å². The van der Waals surface area contributed by atoms with E-state index in [1.54, 1.807) is 13.0 Å². The van der Waals surface area contributed by atoms with Gasteiger partial charge in [0.25, 0.3) is 5.91 Å². The molecule has 1 atom stereocenters.